The molecule has 0 saturated carbocycles. The molecule has 3 nitrogen and oxygen atoms in total. The minimum Gasteiger partial charge on any atom is -0.465 e. The number of nitrogens with zero attached hydrogens (tertiary/aromatic N) is 1. The van der Waals surface area contributed by atoms with Crippen LogP contribution < -0.4 is 5.32 Å². The molecule has 2 saturated heterocycles. The van der Waals surface area contributed by atoms with Crippen molar-refractivity contribution in [2.24, 2.45) is 0 Å². The third-order valence-electron chi connectivity index (χ3n) is 4.51. The Morgan fingerprint density at radius 3 is 2.94 bits per heavy atom. The molecule has 1 aromatic heterocycles. The van der Waals surface area contributed by atoms with Gasteiger partial charge in [-0.05, 0) is 51.8 Å². The molecule has 3 rings (SSSR count). The molecular weight excluding hydrogens is 224 g/mol. The van der Waals surface area contributed by atoms with Crippen LogP contribution in [0.2, 0.25) is 0 Å². The molecule has 1 aromatic rings. The Kier molecular flexibility index (Phi) is 3.44. The van der Waals surface area contributed by atoms with E-state index in [1.165, 1.54) is 38.8 Å². The largest absolute Gasteiger partial charge is 0.465 e. The molecule has 0 radical (unpaired) electrons. The molecule has 2 aliphatic heterocycles. The van der Waals surface area contributed by atoms with E-state index < -0.39 is 0 Å². The first-order chi connectivity index (χ1) is 8.74. The summed E-state index contributed by atoms with van der Waals surface area (Å²) in [5.74, 6) is 2.08. The minimum atomic E-state index is 0.325. The lowest BCUT2D eigenvalue weighted by molar-refractivity contribution is 0.175. The summed E-state index contributed by atoms with van der Waals surface area (Å²) in [6.45, 7) is 6.79. The molecule has 3 heteroatoms. The lowest BCUT2D eigenvalue weighted by Gasteiger charge is -2.33. The zero-order chi connectivity index (χ0) is 12.5. The molecule has 1 N–H and O–H groups in total. The predicted octanol–water partition coefficient (Wildman–Crippen LogP) is 2.87. The quantitative estimate of drug-likeness (QED) is 0.891. The number of hydrogen-bond donors (Lipinski definition) is 1. The summed E-state index contributed by atoms with van der Waals surface area (Å²) in [5, 5.41) is 3.77. The highest BCUT2D eigenvalue weighted by molar-refractivity contribution is 5.10. The van der Waals surface area contributed by atoms with Crippen molar-refractivity contribution in [2.75, 3.05) is 13.1 Å². The maximum Gasteiger partial charge on any atom is 0.120 e. The van der Waals surface area contributed by atoms with Crippen LogP contribution in [-0.2, 0) is 0 Å². The van der Waals surface area contributed by atoms with E-state index >= 15 is 0 Å². The molecule has 0 bridgehead atoms. The summed E-state index contributed by atoms with van der Waals surface area (Å²) in [6, 6.07) is 5.88. The van der Waals surface area contributed by atoms with Gasteiger partial charge in [0.1, 0.15) is 11.5 Å². The maximum atomic E-state index is 5.72. The Labute approximate surface area is 110 Å². The van der Waals surface area contributed by atoms with E-state index in [1.807, 2.05) is 6.92 Å². The summed E-state index contributed by atoms with van der Waals surface area (Å²) in [6.07, 6.45) is 5.43. The SMILES string of the molecule is Cc1ccc(C(C)NC2CCN3CCCCC23)o1. The number of furan rings is 1. The number of fused-ring (bicyclic) bond motifs is 1. The summed E-state index contributed by atoms with van der Waals surface area (Å²) in [5.41, 5.74) is 0. The zero-order valence-corrected chi connectivity index (χ0v) is 11.5. The molecule has 0 spiro atoms. The summed E-state index contributed by atoms with van der Waals surface area (Å²) >= 11 is 0. The molecule has 2 aliphatic rings. The van der Waals surface area contributed by atoms with Crippen molar-refractivity contribution in [3.8, 4) is 0 Å². The van der Waals surface area contributed by atoms with E-state index in [9.17, 15) is 0 Å². The second-order valence-corrected chi connectivity index (χ2v) is 5.83. The van der Waals surface area contributed by atoms with Gasteiger partial charge in [-0.3, -0.25) is 4.90 Å². The molecule has 2 fully saturated rings. The van der Waals surface area contributed by atoms with E-state index in [2.05, 4.69) is 29.3 Å². The Balaban J connectivity index is 1.62. The molecule has 0 aliphatic carbocycles. The minimum absolute atomic E-state index is 0.325. The van der Waals surface area contributed by atoms with Crippen LogP contribution in [0, 0.1) is 6.92 Å². The third-order valence-corrected chi connectivity index (χ3v) is 4.51. The molecule has 100 valence electrons. The van der Waals surface area contributed by atoms with E-state index in [1.54, 1.807) is 0 Å². The van der Waals surface area contributed by atoms with Gasteiger partial charge in [0.2, 0.25) is 0 Å². The van der Waals surface area contributed by atoms with E-state index in [4.69, 9.17) is 4.42 Å². The fourth-order valence-electron chi connectivity index (χ4n) is 3.53. The standard InChI is InChI=1S/C15H24N2O/c1-11-6-7-15(18-11)12(2)16-13-8-10-17-9-4-3-5-14(13)17/h6-7,12-14,16H,3-5,8-10H2,1-2H3. The Morgan fingerprint density at radius 2 is 2.17 bits per heavy atom. The monoisotopic (exact) mass is 248 g/mol. The van der Waals surface area contributed by atoms with Gasteiger partial charge in [-0.15, -0.1) is 0 Å². The maximum absolute atomic E-state index is 5.72. The van der Waals surface area contributed by atoms with Gasteiger partial charge in [0.15, 0.2) is 0 Å². The molecule has 18 heavy (non-hydrogen) atoms. The highest BCUT2D eigenvalue weighted by atomic mass is 16.3. The van der Waals surface area contributed by atoms with Gasteiger partial charge in [-0.1, -0.05) is 6.42 Å². The van der Waals surface area contributed by atoms with Crippen molar-refractivity contribution in [3.63, 3.8) is 0 Å². The van der Waals surface area contributed by atoms with Crippen LogP contribution >= 0.6 is 0 Å². The van der Waals surface area contributed by atoms with Crippen LogP contribution in [0.4, 0.5) is 0 Å². The zero-order valence-electron chi connectivity index (χ0n) is 11.5. The predicted molar refractivity (Wildman–Crippen MR) is 72.6 cm³/mol. The fraction of sp³-hybridized carbons (Fsp3) is 0.733. The number of nitrogens with one attached hydrogen (secondary N) is 1. The van der Waals surface area contributed by atoms with Gasteiger partial charge in [-0.2, -0.15) is 0 Å². The van der Waals surface area contributed by atoms with Gasteiger partial charge in [0.05, 0.1) is 6.04 Å². The Hall–Kier alpha value is -0.800. The lowest BCUT2D eigenvalue weighted by Crippen LogP contribution is -2.45. The fourth-order valence-corrected chi connectivity index (χ4v) is 3.53. The number of piperidine rings is 1. The van der Waals surface area contributed by atoms with E-state index in [0.717, 1.165) is 17.6 Å². The first-order valence-electron chi connectivity index (χ1n) is 7.30. The number of rotatable bonds is 3. The number of aryl methyl sites for hydroxylation is 1. The third kappa shape index (κ3) is 2.34. The smallest absolute Gasteiger partial charge is 0.120 e. The van der Waals surface area contributed by atoms with Crippen molar-refractivity contribution in [1.82, 2.24) is 10.2 Å². The van der Waals surface area contributed by atoms with E-state index in [-0.39, 0.29) is 0 Å². The molecule has 0 amide bonds. The first-order valence-corrected chi connectivity index (χ1v) is 7.30. The van der Waals surface area contributed by atoms with Gasteiger partial charge in [-0.25, -0.2) is 0 Å². The Morgan fingerprint density at radius 1 is 1.28 bits per heavy atom. The van der Waals surface area contributed by atoms with Crippen LogP contribution in [0.1, 0.15) is 50.2 Å². The summed E-state index contributed by atoms with van der Waals surface area (Å²) < 4.78 is 5.72. The van der Waals surface area contributed by atoms with Crippen molar-refractivity contribution >= 4 is 0 Å². The van der Waals surface area contributed by atoms with Crippen molar-refractivity contribution in [1.29, 1.82) is 0 Å². The van der Waals surface area contributed by atoms with E-state index in [0.29, 0.717) is 12.1 Å². The average molecular weight is 248 g/mol. The molecule has 0 aromatic carbocycles. The van der Waals surface area contributed by atoms with Gasteiger partial charge >= 0.3 is 0 Å². The molecule has 3 heterocycles. The molecule has 3 atom stereocenters. The average Bonchev–Trinajstić information content (AvgIpc) is 2.97. The van der Waals surface area contributed by atoms with Gasteiger partial charge in [0.25, 0.3) is 0 Å². The van der Waals surface area contributed by atoms with Gasteiger partial charge in [0, 0.05) is 18.6 Å². The molecular formula is C15H24N2O. The second-order valence-electron chi connectivity index (χ2n) is 5.83. The lowest BCUT2D eigenvalue weighted by atomic mass is 9.98. The first kappa shape index (κ1) is 12.2. The van der Waals surface area contributed by atoms with Crippen LogP contribution in [0.5, 0.6) is 0 Å². The number of hydrogen-bond acceptors (Lipinski definition) is 3. The normalized spacial score (nSPS) is 30.3. The highest BCUT2D eigenvalue weighted by Gasteiger charge is 2.36. The Bertz CT molecular complexity index is 401. The highest BCUT2D eigenvalue weighted by Crippen LogP contribution is 2.29. The second kappa shape index (κ2) is 5.06. The van der Waals surface area contributed by atoms with Crippen LogP contribution in [-0.4, -0.2) is 30.1 Å². The van der Waals surface area contributed by atoms with Crippen molar-refractivity contribution < 1.29 is 4.42 Å². The topological polar surface area (TPSA) is 28.4 Å². The summed E-state index contributed by atoms with van der Waals surface area (Å²) in [7, 11) is 0. The van der Waals surface area contributed by atoms with Gasteiger partial charge < -0.3 is 9.73 Å². The van der Waals surface area contributed by atoms with Crippen LogP contribution in [0.3, 0.4) is 0 Å². The van der Waals surface area contributed by atoms with Crippen molar-refractivity contribution in [2.45, 2.75) is 57.7 Å². The molecule has 3 unspecified atom stereocenters. The van der Waals surface area contributed by atoms with Crippen LogP contribution in [0.15, 0.2) is 16.5 Å². The van der Waals surface area contributed by atoms with Crippen molar-refractivity contribution in [3.05, 3.63) is 23.7 Å². The summed E-state index contributed by atoms with van der Waals surface area (Å²) in [4.78, 5) is 2.67. The van der Waals surface area contributed by atoms with Crippen LogP contribution in [0.25, 0.3) is 0 Å².